The highest BCUT2D eigenvalue weighted by molar-refractivity contribution is 5.16. The number of benzene rings is 1. The summed E-state index contributed by atoms with van der Waals surface area (Å²) in [5, 5.41) is 12.8. The molecule has 2 N–H and O–H groups in total. The highest BCUT2D eigenvalue weighted by Gasteiger charge is 2.06. The van der Waals surface area contributed by atoms with Crippen LogP contribution in [-0.4, -0.2) is 24.4 Å². The van der Waals surface area contributed by atoms with Gasteiger partial charge < -0.3 is 19.6 Å². The zero-order valence-electron chi connectivity index (χ0n) is 11.1. The van der Waals surface area contributed by atoms with Crippen molar-refractivity contribution in [2.24, 2.45) is 0 Å². The summed E-state index contributed by atoms with van der Waals surface area (Å²) < 4.78 is 23.5. The maximum Gasteiger partial charge on any atom is 0.128 e. The van der Waals surface area contributed by atoms with Crippen molar-refractivity contribution < 1.29 is 18.7 Å². The number of hydrogen-bond acceptors (Lipinski definition) is 4. The fraction of sp³-hybridized carbons (Fsp3) is 0.333. The van der Waals surface area contributed by atoms with Crippen molar-refractivity contribution in [3.63, 3.8) is 0 Å². The van der Waals surface area contributed by atoms with Gasteiger partial charge in [-0.1, -0.05) is 18.2 Å². The molecule has 1 heterocycles. The molecule has 2 aromatic rings. The van der Waals surface area contributed by atoms with Crippen LogP contribution in [0.25, 0.3) is 0 Å². The van der Waals surface area contributed by atoms with Crippen molar-refractivity contribution in [2.75, 3.05) is 13.2 Å². The van der Waals surface area contributed by atoms with Crippen molar-refractivity contribution in [2.45, 2.75) is 19.3 Å². The lowest BCUT2D eigenvalue weighted by Crippen LogP contribution is -2.30. The number of nitrogens with one attached hydrogen (secondary N) is 1. The van der Waals surface area contributed by atoms with Gasteiger partial charge in [0.05, 0.1) is 31.8 Å². The lowest BCUT2D eigenvalue weighted by molar-refractivity contribution is 0.0277. The van der Waals surface area contributed by atoms with Crippen LogP contribution in [0.15, 0.2) is 47.3 Å². The summed E-state index contributed by atoms with van der Waals surface area (Å²) in [6, 6.07) is 8.30. The van der Waals surface area contributed by atoms with E-state index in [-0.39, 0.29) is 19.0 Å². The standard InChI is InChI=1S/C15H18FNO3/c16-15-4-2-1-3-13(15)10-20-11-14(18)8-17-7-12-5-6-19-9-12/h1-6,9,14,17-18H,7-8,10-11H2. The normalized spacial score (nSPS) is 12.5. The molecule has 0 fully saturated rings. The number of aliphatic hydroxyl groups excluding tert-OH is 1. The molecule has 0 aliphatic carbocycles. The summed E-state index contributed by atoms with van der Waals surface area (Å²) in [7, 11) is 0. The molecule has 0 radical (unpaired) electrons. The lowest BCUT2D eigenvalue weighted by atomic mass is 10.2. The van der Waals surface area contributed by atoms with E-state index in [1.54, 1.807) is 30.7 Å². The average molecular weight is 279 g/mol. The van der Waals surface area contributed by atoms with Crippen molar-refractivity contribution in [1.29, 1.82) is 0 Å². The van der Waals surface area contributed by atoms with E-state index >= 15 is 0 Å². The van der Waals surface area contributed by atoms with Gasteiger partial charge >= 0.3 is 0 Å². The Hall–Kier alpha value is -1.69. The van der Waals surface area contributed by atoms with Gasteiger partial charge in [-0.05, 0) is 12.1 Å². The quantitative estimate of drug-likeness (QED) is 0.777. The number of ether oxygens (including phenoxy) is 1. The molecule has 0 spiro atoms. The second kappa shape index (κ2) is 7.79. The summed E-state index contributed by atoms with van der Waals surface area (Å²) in [5.41, 5.74) is 1.51. The molecule has 0 saturated carbocycles. The number of aliphatic hydroxyl groups is 1. The largest absolute Gasteiger partial charge is 0.472 e. The minimum atomic E-state index is -0.631. The second-order valence-corrected chi connectivity index (χ2v) is 4.52. The fourth-order valence-electron chi connectivity index (χ4n) is 1.76. The van der Waals surface area contributed by atoms with Crippen molar-refractivity contribution in [3.05, 3.63) is 59.8 Å². The van der Waals surface area contributed by atoms with Crippen LogP contribution in [0.2, 0.25) is 0 Å². The van der Waals surface area contributed by atoms with Gasteiger partial charge in [-0.2, -0.15) is 0 Å². The third kappa shape index (κ3) is 4.77. The smallest absolute Gasteiger partial charge is 0.128 e. The van der Waals surface area contributed by atoms with Crippen molar-refractivity contribution in [1.82, 2.24) is 5.32 Å². The Labute approximate surface area is 117 Å². The minimum Gasteiger partial charge on any atom is -0.472 e. The molecule has 0 saturated heterocycles. The molecule has 0 amide bonds. The van der Waals surface area contributed by atoms with Crippen molar-refractivity contribution >= 4 is 0 Å². The zero-order chi connectivity index (χ0) is 14.2. The zero-order valence-corrected chi connectivity index (χ0v) is 11.1. The third-order valence-electron chi connectivity index (χ3n) is 2.81. The van der Waals surface area contributed by atoms with E-state index in [4.69, 9.17) is 9.15 Å². The molecule has 5 heteroatoms. The summed E-state index contributed by atoms with van der Waals surface area (Å²) in [4.78, 5) is 0. The fourth-order valence-corrected chi connectivity index (χ4v) is 1.76. The van der Waals surface area contributed by atoms with Gasteiger partial charge in [-0.3, -0.25) is 0 Å². The number of hydrogen-bond donors (Lipinski definition) is 2. The molecule has 1 aromatic heterocycles. The van der Waals surface area contributed by atoms with E-state index in [1.165, 1.54) is 6.07 Å². The second-order valence-electron chi connectivity index (χ2n) is 4.52. The summed E-state index contributed by atoms with van der Waals surface area (Å²) in [5.74, 6) is -0.292. The Bertz CT molecular complexity index is 502. The maximum atomic E-state index is 13.3. The van der Waals surface area contributed by atoms with E-state index in [2.05, 4.69) is 5.32 Å². The molecule has 2 rings (SSSR count). The van der Waals surface area contributed by atoms with Gasteiger partial charge in [0.15, 0.2) is 0 Å². The molecule has 4 nitrogen and oxygen atoms in total. The predicted octanol–water partition coefficient (Wildman–Crippen LogP) is 2.09. The lowest BCUT2D eigenvalue weighted by Gasteiger charge is -2.12. The third-order valence-corrected chi connectivity index (χ3v) is 2.81. The van der Waals surface area contributed by atoms with E-state index in [0.29, 0.717) is 18.7 Å². The van der Waals surface area contributed by atoms with Crippen LogP contribution in [0, 0.1) is 5.82 Å². The number of halogens is 1. The molecule has 1 aromatic carbocycles. The van der Waals surface area contributed by atoms with E-state index < -0.39 is 6.10 Å². The Morgan fingerprint density at radius 2 is 2.15 bits per heavy atom. The molecule has 1 atom stereocenters. The van der Waals surface area contributed by atoms with Gasteiger partial charge in [0.2, 0.25) is 0 Å². The van der Waals surface area contributed by atoms with Crippen LogP contribution in [0.3, 0.4) is 0 Å². The summed E-state index contributed by atoms with van der Waals surface area (Å²) in [6.45, 7) is 1.35. The average Bonchev–Trinajstić information content (AvgIpc) is 2.94. The Kier molecular flexibility index (Phi) is 5.73. The van der Waals surface area contributed by atoms with Crippen molar-refractivity contribution in [3.8, 4) is 0 Å². The van der Waals surface area contributed by atoms with Gasteiger partial charge in [0, 0.05) is 24.2 Å². The maximum absolute atomic E-state index is 13.3. The van der Waals surface area contributed by atoms with Crippen LogP contribution in [0.4, 0.5) is 4.39 Å². The number of furan rings is 1. The van der Waals surface area contributed by atoms with Gasteiger partial charge in [0.25, 0.3) is 0 Å². The summed E-state index contributed by atoms with van der Waals surface area (Å²) in [6.07, 6.45) is 2.62. The molecular formula is C15H18FNO3. The van der Waals surface area contributed by atoms with Crippen LogP contribution < -0.4 is 5.32 Å². The van der Waals surface area contributed by atoms with E-state index in [9.17, 15) is 9.50 Å². The highest BCUT2D eigenvalue weighted by Crippen LogP contribution is 2.07. The van der Waals surface area contributed by atoms with Gasteiger partial charge in [-0.25, -0.2) is 4.39 Å². The van der Waals surface area contributed by atoms with E-state index in [1.807, 2.05) is 6.07 Å². The first-order chi connectivity index (χ1) is 9.75. The molecule has 0 aliphatic heterocycles. The first-order valence-corrected chi connectivity index (χ1v) is 6.46. The van der Waals surface area contributed by atoms with Gasteiger partial charge in [0.1, 0.15) is 5.82 Å². The Balaban J connectivity index is 1.60. The monoisotopic (exact) mass is 279 g/mol. The Morgan fingerprint density at radius 3 is 2.90 bits per heavy atom. The molecule has 0 aliphatic rings. The first kappa shape index (κ1) is 14.7. The Morgan fingerprint density at radius 1 is 1.30 bits per heavy atom. The van der Waals surface area contributed by atoms with Crippen LogP contribution in [0.1, 0.15) is 11.1 Å². The molecule has 1 unspecified atom stereocenters. The molecule has 20 heavy (non-hydrogen) atoms. The number of rotatable bonds is 8. The molecule has 108 valence electrons. The van der Waals surface area contributed by atoms with E-state index in [0.717, 1.165) is 5.56 Å². The topological polar surface area (TPSA) is 54.6 Å². The molecular weight excluding hydrogens is 261 g/mol. The highest BCUT2D eigenvalue weighted by atomic mass is 19.1. The van der Waals surface area contributed by atoms with Crippen LogP contribution in [0.5, 0.6) is 0 Å². The van der Waals surface area contributed by atoms with Crippen LogP contribution in [-0.2, 0) is 17.9 Å². The molecule has 0 bridgehead atoms. The van der Waals surface area contributed by atoms with Gasteiger partial charge in [-0.15, -0.1) is 0 Å². The predicted molar refractivity (Wildman–Crippen MR) is 72.5 cm³/mol. The van der Waals surface area contributed by atoms with Crippen LogP contribution >= 0.6 is 0 Å². The SMILES string of the molecule is OC(CNCc1ccoc1)COCc1ccccc1F. The first-order valence-electron chi connectivity index (χ1n) is 6.46. The minimum absolute atomic E-state index is 0.158. The summed E-state index contributed by atoms with van der Waals surface area (Å²) >= 11 is 0.